The summed E-state index contributed by atoms with van der Waals surface area (Å²) in [6.07, 6.45) is 12.4. The lowest BCUT2D eigenvalue weighted by atomic mass is 9.82. The molecular formula is C54H34N4. The molecule has 8 aromatic carbocycles. The molecule has 2 aliphatic rings. The number of nitrogens with zero attached hydrogens (tertiary/aromatic N) is 4. The molecule has 0 saturated carbocycles. The summed E-state index contributed by atoms with van der Waals surface area (Å²) in [6.45, 7) is 0. The van der Waals surface area contributed by atoms with Crippen molar-refractivity contribution >= 4 is 82.0 Å². The maximum atomic E-state index is 5.60. The zero-order valence-corrected chi connectivity index (χ0v) is 31.5. The number of hydrogen-bond acceptors (Lipinski definition) is 2. The second-order valence-corrected chi connectivity index (χ2v) is 15.8. The molecular weight excluding hydrogens is 705 g/mol. The minimum atomic E-state index is 0.332. The Morgan fingerprint density at radius 2 is 1.21 bits per heavy atom. The van der Waals surface area contributed by atoms with Gasteiger partial charge in [0, 0.05) is 44.1 Å². The van der Waals surface area contributed by atoms with Crippen LogP contribution in [0.3, 0.4) is 0 Å². The summed E-state index contributed by atoms with van der Waals surface area (Å²) in [6, 6.07) is 57.1. The number of hydrogen-bond donors (Lipinski definition) is 0. The van der Waals surface area contributed by atoms with Crippen molar-refractivity contribution in [1.82, 2.24) is 19.1 Å². The van der Waals surface area contributed by atoms with Crippen molar-refractivity contribution in [3.63, 3.8) is 0 Å². The Bertz CT molecular complexity index is 3650. The predicted molar refractivity (Wildman–Crippen MR) is 242 cm³/mol. The van der Waals surface area contributed by atoms with Crippen LogP contribution in [0.15, 0.2) is 188 Å². The summed E-state index contributed by atoms with van der Waals surface area (Å²) in [5.74, 6) is 0.999. The van der Waals surface area contributed by atoms with Gasteiger partial charge in [-0.1, -0.05) is 133 Å². The first-order chi connectivity index (χ1) is 28.7. The van der Waals surface area contributed by atoms with Gasteiger partial charge >= 0.3 is 0 Å². The van der Waals surface area contributed by atoms with E-state index in [9.17, 15) is 0 Å². The maximum absolute atomic E-state index is 5.60. The highest BCUT2D eigenvalue weighted by molar-refractivity contribution is 6.24. The Labute approximate surface area is 333 Å². The first-order valence-electron chi connectivity index (χ1n) is 20.1. The molecule has 0 fully saturated rings. The molecule has 3 aromatic heterocycles. The first-order valence-corrected chi connectivity index (χ1v) is 20.1. The van der Waals surface area contributed by atoms with Crippen molar-refractivity contribution < 1.29 is 0 Å². The van der Waals surface area contributed by atoms with Crippen molar-refractivity contribution in [1.29, 1.82) is 0 Å². The van der Waals surface area contributed by atoms with E-state index in [0.29, 0.717) is 11.9 Å². The van der Waals surface area contributed by atoms with Crippen LogP contribution in [0, 0.1) is 5.92 Å². The van der Waals surface area contributed by atoms with Gasteiger partial charge < -0.3 is 4.57 Å². The molecule has 0 radical (unpaired) electrons. The molecule has 4 nitrogen and oxygen atoms in total. The van der Waals surface area contributed by atoms with Crippen molar-refractivity contribution in [2.75, 3.05) is 0 Å². The van der Waals surface area contributed by atoms with E-state index in [4.69, 9.17) is 9.97 Å². The Morgan fingerprint density at radius 3 is 2.05 bits per heavy atom. The van der Waals surface area contributed by atoms with Gasteiger partial charge in [0.15, 0.2) is 0 Å². The first kappa shape index (κ1) is 31.6. The van der Waals surface area contributed by atoms with Crippen LogP contribution in [-0.2, 0) is 6.42 Å². The summed E-state index contributed by atoms with van der Waals surface area (Å²) >= 11 is 0. The van der Waals surface area contributed by atoms with Crippen molar-refractivity contribution in [3.05, 3.63) is 199 Å². The van der Waals surface area contributed by atoms with Gasteiger partial charge in [-0.25, -0.2) is 9.97 Å². The van der Waals surface area contributed by atoms with Crippen LogP contribution < -0.4 is 0 Å². The molecule has 11 aromatic rings. The largest absolute Gasteiger partial charge is 0.310 e. The smallest absolute Gasteiger partial charge is 0.235 e. The fourth-order valence-electron chi connectivity index (χ4n) is 9.92. The van der Waals surface area contributed by atoms with Crippen molar-refractivity contribution in [3.8, 4) is 22.9 Å². The third kappa shape index (κ3) is 4.51. The average Bonchev–Trinajstić information content (AvgIpc) is 3.78. The SMILES string of the molecule is C1=CC2=Cc3c(c4c5c6cc7ccccc7cc6n(-c6nc(-c7ccc8ccccc8c7)c7ccc8ccccc8c7n6)c5ccc4n3-c3ccccc3)CC2C=C1. The van der Waals surface area contributed by atoms with Gasteiger partial charge in [-0.05, 0) is 99.1 Å². The minimum Gasteiger partial charge on any atom is -0.310 e. The average molecular weight is 739 g/mol. The standard InChI is InChI=1S/C54H34N4/c1-2-19-41(20-3-1)57-46-26-27-47-51(50(46)44-29-36-15-6-8-17-38(36)31-48(44)57)45-30-37-16-7-9-18-39(37)32-49(45)58(47)54-55-52(40-23-22-33-12-4-5-14-35(33)28-40)43-25-24-34-13-10-11-21-42(34)53(43)56-54/h1-28,30-32,36H,29H2. The monoisotopic (exact) mass is 738 g/mol. The molecule has 13 rings (SSSR count). The van der Waals surface area contributed by atoms with Gasteiger partial charge in [0.05, 0.1) is 33.5 Å². The van der Waals surface area contributed by atoms with E-state index in [-0.39, 0.29) is 0 Å². The molecule has 4 heteroatoms. The molecule has 0 aliphatic heterocycles. The van der Waals surface area contributed by atoms with Crippen molar-refractivity contribution in [2.24, 2.45) is 5.92 Å². The van der Waals surface area contributed by atoms with Gasteiger partial charge in [0.2, 0.25) is 5.95 Å². The summed E-state index contributed by atoms with van der Waals surface area (Å²) in [7, 11) is 0. The summed E-state index contributed by atoms with van der Waals surface area (Å²) in [5.41, 5.74) is 11.5. The number of fused-ring (bicyclic) bond motifs is 13. The third-order valence-corrected chi connectivity index (χ3v) is 12.6. The summed E-state index contributed by atoms with van der Waals surface area (Å²) in [5, 5.41) is 11.9. The lowest BCUT2D eigenvalue weighted by Gasteiger charge is -2.23. The maximum Gasteiger partial charge on any atom is 0.235 e. The summed E-state index contributed by atoms with van der Waals surface area (Å²) < 4.78 is 4.81. The lowest BCUT2D eigenvalue weighted by Crippen LogP contribution is -2.12. The number of para-hydroxylation sites is 1. The van der Waals surface area contributed by atoms with Crippen LogP contribution in [-0.4, -0.2) is 19.1 Å². The fourth-order valence-corrected chi connectivity index (χ4v) is 9.92. The number of rotatable bonds is 3. The molecule has 58 heavy (non-hydrogen) atoms. The molecule has 1 atom stereocenters. The van der Waals surface area contributed by atoms with E-state index in [1.807, 2.05) is 0 Å². The molecule has 0 amide bonds. The van der Waals surface area contributed by atoms with Gasteiger partial charge in [0.25, 0.3) is 0 Å². The molecule has 3 heterocycles. The predicted octanol–water partition coefficient (Wildman–Crippen LogP) is 13.5. The number of aromatic nitrogens is 4. The molecule has 0 bridgehead atoms. The van der Waals surface area contributed by atoms with Crippen LogP contribution in [0.1, 0.15) is 11.3 Å². The Balaban J connectivity index is 1.19. The zero-order chi connectivity index (χ0) is 37.9. The van der Waals surface area contributed by atoms with Crippen LogP contribution in [0.4, 0.5) is 0 Å². The molecule has 1 unspecified atom stereocenters. The second-order valence-electron chi connectivity index (χ2n) is 15.8. The lowest BCUT2D eigenvalue weighted by molar-refractivity contribution is 0.758. The molecule has 0 N–H and O–H groups in total. The van der Waals surface area contributed by atoms with Gasteiger partial charge in [-0.15, -0.1) is 0 Å². The molecule has 270 valence electrons. The third-order valence-electron chi connectivity index (χ3n) is 12.6. The normalized spacial score (nSPS) is 15.0. The van der Waals surface area contributed by atoms with Crippen LogP contribution in [0.2, 0.25) is 0 Å². The Kier molecular flexibility index (Phi) is 6.53. The highest BCUT2D eigenvalue weighted by Gasteiger charge is 2.29. The Hall–Kier alpha value is -7.56. The van der Waals surface area contributed by atoms with Gasteiger partial charge in [0.1, 0.15) is 0 Å². The highest BCUT2D eigenvalue weighted by Crippen LogP contribution is 2.46. The Morgan fingerprint density at radius 1 is 0.500 bits per heavy atom. The van der Waals surface area contributed by atoms with Crippen LogP contribution in [0.25, 0.3) is 105 Å². The number of allylic oxidation sites excluding steroid dienone is 5. The van der Waals surface area contributed by atoms with Crippen LogP contribution in [0.5, 0.6) is 0 Å². The molecule has 0 spiro atoms. The minimum absolute atomic E-state index is 0.332. The van der Waals surface area contributed by atoms with Gasteiger partial charge in [-0.3, -0.25) is 4.57 Å². The van der Waals surface area contributed by atoms with E-state index >= 15 is 0 Å². The number of benzene rings is 8. The van der Waals surface area contributed by atoms with Gasteiger partial charge in [-0.2, -0.15) is 0 Å². The quantitative estimate of drug-likeness (QED) is 0.169. The zero-order valence-electron chi connectivity index (χ0n) is 31.5. The van der Waals surface area contributed by atoms with Crippen LogP contribution >= 0.6 is 0 Å². The molecule has 2 aliphatic carbocycles. The van der Waals surface area contributed by atoms with E-state index < -0.39 is 0 Å². The van der Waals surface area contributed by atoms with E-state index in [0.717, 1.165) is 56.1 Å². The molecule has 0 saturated heterocycles. The summed E-state index contributed by atoms with van der Waals surface area (Å²) in [4.78, 5) is 11.2. The fraction of sp³-hybridized carbons (Fsp3) is 0.0370. The van der Waals surface area contributed by atoms with E-state index in [2.05, 4.69) is 197 Å². The second kappa shape index (κ2) is 12.0. The van der Waals surface area contributed by atoms with E-state index in [1.54, 1.807) is 0 Å². The van der Waals surface area contributed by atoms with E-state index in [1.165, 1.54) is 60.1 Å². The van der Waals surface area contributed by atoms with Crippen molar-refractivity contribution in [2.45, 2.75) is 6.42 Å². The topological polar surface area (TPSA) is 35.6 Å². The highest BCUT2D eigenvalue weighted by atomic mass is 15.2.